The molecule has 160 valence electrons. The molecular formula is C26H28N2O3. The highest BCUT2D eigenvalue weighted by molar-refractivity contribution is 6.22. The van der Waals surface area contributed by atoms with Crippen molar-refractivity contribution >= 4 is 17.7 Å². The lowest BCUT2D eigenvalue weighted by atomic mass is 9.78. The highest BCUT2D eigenvalue weighted by Crippen LogP contribution is 2.36. The molecular weight excluding hydrogens is 388 g/mol. The highest BCUT2D eigenvalue weighted by Gasteiger charge is 2.46. The van der Waals surface area contributed by atoms with Gasteiger partial charge in [-0.2, -0.15) is 0 Å². The van der Waals surface area contributed by atoms with Crippen LogP contribution in [0.3, 0.4) is 0 Å². The van der Waals surface area contributed by atoms with Crippen molar-refractivity contribution in [3.05, 3.63) is 71.3 Å². The molecule has 5 heteroatoms. The first-order valence-corrected chi connectivity index (χ1v) is 11.5. The van der Waals surface area contributed by atoms with Crippen molar-refractivity contribution < 1.29 is 14.4 Å². The average Bonchev–Trinajstić information content (AvgIpc) is 3.07. The van der Waals surface area contributed by atoms with Crippen molar-refractivity contribution in [2.24, 2.45) is 5.92 Å². The first-order chi connectivity index (χ1) is 15.1. The minimum atomic E-state index is -0.810. The molecule has 1 saturated heterocycles. The third-order valence-corrected chi connectivity index (χ3v) is 7.22. The van der Waals surface area contributed by atoms with E-state index in [9.17, 15) is 14.4 Å². The van der Waals surface area contributed by atoms with Crippen molar-refractivity contribution in [3.63, 3.8) is 0 Å². The number of benzene rings is 2. The second-order valence-electron chi connectivity index (χ2n) is 9.02. The van der Waals surface area contributed by atoms with E-state index in [0.29, 0.717) is 30.0 Å². The van der Waals surface area contributed by atoms with E-state index in [1.165, 1.54) is 24.2 Å². The van der Waals surface area contributed by atoms with Crippen LogP contribution in [0.25, 0.3) is 0 Å². The quantitative estimate of drug-likeness (QED) is 0.706. The van der Waals surface area contributed by atoms with Gasteiger partial charge in [0.1, 0.15) is 6.04 Å². The number of amides is 3. The predicted molar refractivity (Wildman–Crippen MR) is 118 cm³/mol. The number of hydrogen-bond acceptors (Lipinski definition) is 3. The van der Waals surface area contributed by atoms with Gasteiger partial charge in [0.25, 0.3) is 11.8 Å². The summed E-state index contributed by atoms with van der Waals surface area (Å²) in [5.74, 6) is -0.236. The van der Waals surface area contributed by atoms with E-state index in [-0.39, 0.29) is 23.8 Å². The standard InChI is InChI=1S/C26H28N2O3/c29-24-20-13-5-6-14-21(20)25(30)28(24)23(17-18-9-2-1-3-10-18)26(31)27-16-8-12-19-11-4-7-15-22(19)27/h1-3,5-6,9-10,13-14,19,22-23H,4,7-8,11-12,15-17H2/t19-,22-,23-/m0/s1. The second-order valence-corrected chi connectivity index (χ2v) is 9.02. The van der Waals surface area contributed by atoms with Crippen molar-refractivity contribution in [2.45, 2.75) is 57.0 Å². The Morgan fingerprint density at radius 3 is 2.16 bits per heavy atom. The topological polar surface area (TPSA) is 57.7 Å². The summed E-state index contributed by atoms with van der Waals surface area (Å²) in [6.07, 6.45) is 7.08. The number of carbonyl (C=O) groups is 3. The average molecular weight is 417 g/mol. The molecule has 0 radical (unpaired) electrons. The molecule has 2 aromatic carbocycles. The maximum atomic E-state index is 14.0. The molecule has 0 bridgehead atoms. The van der Waals surface area contributed by atoms with E-state index in [4.69, 9.17) is 0 Å². The summed E-state index contributed by atoms with van der Waals surface area (Å²) in [4.78, 5) is 43.7. The van der Waals surface area contributed by atoms with Crippen LogP contribution >= 0.6 is 0 Å². The fourth-order valence-electron chi connectivity index (χ4n) is 5.71. The molecule has 0 N–H and O–H groups in total. The van der Waals surface area contributed by atoms with Gasteiger partial charge < -0.3 is 4.90 Å². The third-order valence-electron chi connectivity index (χ3n) is 7.22. The number of fused-ring (bicyclic) bond motifs is 2. The Balaban J connectivity index is 1.50. The summed E-state index contributed by atoms with van der Waals surface area (Å²) >= 11 is 0. The largest absolute Gasteiger partial charge is 0.338 e. The smallest absolute Gasteiger partial charge is 0.262 e. The van der Waals surface area contributed by atoms with Gasteiger partial charge in [0, 0.05) is 19.0 Å². The van der Waals surface area contributed by atoms with Gasteiger partial charge in [-0.15, -0.1) is 0 Å². The van der Waals surface area contributed by atoms with Crippen LogP contribution in [-0.2, 0) is 11.2 Å². The monoisotopic (exact) mass is 416 g/mol. The zero-order valence-electron chi connectivity index (χ0n) is 17.7. The second kappa shape index (κ2) is 8.29. The number of likely N-dealkylation sites (tertiary alicyclic amines) is 1. The van der Waals surface area contributed by atoms with Crippen LogP contribution in [-0.4, -0.2) is 46.1 Å². The minimum absolute atomic E-state index is 0.0741. The molecule has 3 aliphatic rings. The van der Waals surface area contributed by atoms with Gasteiger partial charge in [0.15, 0.2) is 0 Å². The molecule has 2 heterocycles. The van der Waals surface area contributed by atoms with Crippen LogP contribution in [0.4, 0.5) is 0 Å². The zero-order valence-corrected chi connectivity index (χ0v) is 17.7. The van der Waals surface area contributed by atoms with Crippen LogP contribution < -0.4 is 0 Å². The molecule has 5 rings (SSSR count). The van der Waals surface area contributed by atoms with Crippen LogP contribution in [0.1, 0.15) is 64.8 Å². The lowest BCUT2D eigenvalue weighted by Gasteiger charge is -2.45. The first-order valence-electron chi connectivity index (χ1n) is 11.5. The van der Waals surface area contributed by atoms with Crippen molar-refractivity contribution in [1.82, 2.24) is 9.80 Å². The maximum Gasteiger partial charge on any atom is 0.262 e. The molecule has 1 saturated carbocycles. The summed E-state index contributed by atoms with van der Waals surface area (Å²) in [5.41, 5.74) is 1.75. The highest BCUT2D eigenvalue weighted by atomic mass is 16.2. The lowest BCUT2D eigenvalue weighted by Crippen LogP contribution is -2.58. The van der Waals surface area contributed by atoms with Crippen LogP contribution in [0.15, 0.2) is 54.6 Å². The molecule has 0 unspecified atom stereocenters. The molecule has 5 nitrogen and oxygen atoms in total. The summed E-state index contributed by atoms with van der Waals surface area (Å²) < 4.78 is 0. The fourth-order valence-corrected chi connectivity index (χ4v) is 5.71. The molecule has 31 heavy (non-hydrogen) atoms. The molecule has 3 atom stereocenters. The summed E-state index contributed by atoms with van der Waals surface area (Å²) in [6.45, 7) is 0.717. The zero-order chi connectivity index (χ0) is 21.4. The van der Waals surface area contributed by atoms with Crippen molar-refractivity contribution in [1.29, 1.82) is 0 Å². The first kappa shape index (κ1) is 20.0. The lowest BCUT2D eigenvalue weighted by molar-refractivity contribution is -0.141. The third kappa shape index (κ3) is 3.56. The number of carbonyl (C=O) groups excluding carboxylic acids is 3. The number of rotatable bonds is 4. The molecule has 2 aliphatic heterocycles. The van der Waals surface area contributed by atoms with E-state index in [1.807, 2.05) is 35.2 Å². The Kier molecular flexibility index (Phi) is 5.34. The SMILES string of the molecule is O=C([C@H](Cc1ccccc1)N1C(=O)c2ccccc2C1=O)N1CCC[C@@H]2CCCC[C@@H]21. The molecule has 3 amide bonds. The molecule has 1 aliphatic carbocycles. The van der Waals surface area contributed by atoms with Gasteiger partial charge in [-0.25, -0.2) is 0 Å². The minimum Gasteiger partial charge on any atom is -0.338 e. The van der Waals surface area contributed by atoms with E-state index < -0.39 is 6.04 Å². The Morgan fingerprint density at radius 2 is 1.45 bits per heavy atom. The Labute approximate surface area is 183 Å². The Hall–Kier alpha value is -2.95. The fraction of sp³-hybridized carbons (Fsp3) is 0.423. The summed E-state index contributed by atoms with van der Waals surface area (Å²) in [6, 6.07) is 16.0. The maximum absolute atomic E-state index is 14.0. The summed E-state index contributed by atoms with van der Waals surface area (Å²) in [7, 11) is 0. The van der Waals surface area contributed by atoms with Crippen LogP contribution in [0, 0.1) is 5.92 Å². The van der Waals surface area contributed by atoms with Crippen LogP contribution in [0.5, 0.6) is 0 Å². The number of nitrogens with zero attached hydrogens (tertiary/aromatic N) is 2. The Morgan fingerprint density at radius 1 is 0.839 bits per heavy atom. The van der Waals surface area contributed by atoms with Gasteiger partial charge >= 0.3 is 0 Å². The van der Waals surface area contributed by atoms with E-state index in [0.717, 1.165) is 24.8 Å². The molecule has 2 aromatic rings. The van der Waals surface area contributed by atoms with Gasteiger partial charge in [-0.05, 0) is 49.3 Å². The molecule has 0 aromatic heterocycles. The van der Waals surface area contributed by atoms with Crippen LogP contribution in [0.2, 0.25) is 0 Å². The number of hydrogen-bond donors (Lipinski definition) is 0. The normalized spacial score (nSPS) is 24.0. The number of imide groups is 1. The predicted octanol–water partition coefficient (Wildman–Crippen LogP) is 4.08. The van der Waals surface area contributed by atoms with E-state index >= 15 is 0 Å². The van der Waals surface area contributed by atoms with Gasteiger partial charge in [0.05, 0.1) is 11.1 Å². The van der Waals surface area contributed by atoms with E-state index in [1.54, 1.807) is 24.3 Å². The van der Waals surface area contributed by atoms with Crippen molar-refractivity contribution in [3.8, 4) is 0 Å². The van der Waals surface area contributed by atoms with Gasteiger partial charge in [-0.3, -0.25) is 19.3 Å². The van der Waals surface area contributed by atoms with Gasteiger partial charge in [0.2, 0.25) is 5.91 Å². The molecule has 0 spiro atoms. The summed E-state index contributed by atoms with van der Waals surface area (Å²) in [5, 5.41) is 0. The Bertz CT molecular complexity index is 966. The number of piperidine rings is 1. The van der Waals surface area contributed by atoms with Gasteiger partial charge in [-0.1, -0.05) is 55.3 Å². The van der Waals surface area contributed by atoms with Crippen molar-refractivity contribution in [2.75, 3.05) is 6.54 Å². The molecule has 2 fully saturated rings. The van der Waals surface area contributed by atoms with E-state index in [2.05, 4.69) is 0 Å².